The van der Waals surface area contributed by atoms with E-state index >= 15 is 0 Å². The SMILES string of the molecule is C[Si](C)(C)/C=C(/C=C/[Si](C)(C)C)c1ccc(C#N)cc1. The number of hydrogen-bond acceptors (Lipinski definition) is 1. The van der Waals surface area contributed by atoms with Gasteiger partial charge in [-0.3, -0.25) is 0 Å². The van der Waals surface area contributed by atoms with E-state index in [0.717, 1.165) is 5.56 Å². The van der Waals surface area contributed by atoms with Gasteiger partial charge in [0.2, 0.25) is 0 Å². The van der Waals surface area contributed by atoms with Crippen molar-refractivity contribution < 1.29 is 0 Å². The first-order valence-corrected chi connectivity index (χ1v) is 14.2. The van der Waals surface area contributed by atoms with E-state index in [1.54, 1.807) is 0 Å². The van der Waals surface area contributed by atoms with Gasteiger partial charge in [0.15, 0.2) is 0 Å². The summed E-state index contributed by atoms with van der Waals surface area (Å²) in [6.45, 7) is 14.1. The number of allylic oxidation sites excluding steroid dienone is 2. The van der Waals surface area contributed by atoms with E-state index in [0.29, 0.717) is 0 Å². The molecule has 0 bridgehead atoms. The zero-order valence-corrected chi connectivity index (χ0v) is 15.5. The third kappa shape index (κ3) is 6.18. The van der Waals surface area contributed by atoms with Crippen LogP contribution < -0.4 is 0 Å². The van der Waals surface area contributed by atoms with Crippen LogP contribution in [0.25, 0.3) is 5.57 Å². The van der Waals surface area contributed by atoms with Crippen LogP contribution in [0.2, 0.25) is 39.3 Å². The summed E-state index contributed by atoms with van der Waals surface area (Å²) in [5, 5.41) is 8.90. The molecule has 0 heterocycles. The summed E-state index contributed by atoms with van der Waals surface area (Å²) in [5.41, 5.74) is 8.05. The van der Waals surface area contributed by atoms with Crippen molar-refractivity contribution in [3.8, 4) is 6.07 Å². The van der Waals surface area contributed by atoms with Gasteiger partial charge < -0.3 is 0 Å². The minimum Gasteiger partial charge on any atom is -0.192 e. The third-order valence-electron chi connectivity index (χ3n) is 2.70. The average Bonchev–Trinajstić information content (AvgIpc) is 2.32. The molecule has 106 valence electrons. The Balaban J connectivity index is 3.21. The van der Waals surface area contributed by atoms with Crippen molar-refractivity contribution in [2.45, 2.75) is 39.3 Å². The van der Waals surface area contributed by atoms with Gasteiger partial charge in [0, 0.05) is 0 Å². The Hall–Kier alpha value is -1.38. The molecular weight excluding hydrogens is 274 g/mol. The second-order valence-electron chi connectivity index (χ2n) is 7.35. The van der Waals surface area contributed by atoms with E-state index in [9.17, 15) is 0 Å². The molecule has 0 aliphatic rings. The molecule has 1 aromatic carbocycles. The fourth-order valence-corrected chi connectivity index (χ4v) is 3.65. The van der Waals surface area contributed by atoms with Crippen LogP contribution in [-0.2, 0) is 0 Å². The number of nitrogens with zero attached hydrogens (tertiary/aromatic N) is 1. The molecule has 1 rings (SSSR count). The number of rotatable bonds is 4. The Kier molecular flexibility index (Phi) is 5.32. The van der Waals surface area contributed by atoms with Gasteiger partial charge in [-0.05, 0) is 23.3 Å². The summed E-state index contributed by atoms with van der Waals surface area (Å²) in [6, 6.07) is 10.1. The summed E-state index contributed by atoms with van der Waals surface area (Å²) in [7, 11) is -2.49. The molecule has 0 aliphatic carbocycles. The highest BCUT2D eigenvalue weighted by atomic mass is 28.3. The second-order valence-corrected chi connectivity index (χ2v) is 17.4. The van der Waals surface area contributed by atoms with Crippen molar-refractivity contribution in [2.24, 2.45) is 0 Å². The molecule has 0 N–H and O–H groups in total. The van der Waals surface area contributed by atoms with Gasteiger partial charge in [0.25, 0.3) is 0 Å². The lowest BCUT2D eigenvalue weighted by atomic mass is 10.1. The molecule has 0 amide bonds. The van der Waals surface area contributed by atoms with Crippen molar-refractivity contribution in [3.63, 3.8) is 0 Å². The number of hydrogen-bond donors (Lipinski definition) is 0. The van der Waals surface area contributed by atoms with E-state index in [2.05, 4.69) is 75.0 Å². The Morgan fingerprint density at radius 3 is 1.90 bits per heavy atom. The Morgan fingerprint density at radius 2 is 1.50 bits per heavy atom. The molecule has 0 unspecified atom stereocenters. The number of benzene rings is 1. The zero-order valence-electron chi connectivity index (χ0n) is 13.5. The Bertz CT molecular complexity index is 547. The lowest BCUT2D eigenvalue weighted by Gasteiger charge is -2.15. The van der Waals surface area contributed by atoms with E-state index < -0.39 is 16.1 Å². The van der Waals surface area contributed by atoms with E-state index in [1.165, 1.54) is 11.1 Å². The molecule has 0 saturated heterocycles. The van der Waals surface area contributed by atoms with Gasteiger partial charge in [0.05, 0.1) is 27.8 Å². The summed E-state index contributed by atoms with van der Waals surface area (Å²) < 4.78 is 0. The molecule has 3 heteroatoms. The first kappa shape index (κ1) is 16.7. The molecule has 0 saturated carbocycles. The van der Waals surface area contributed by atoms with Crippen LogP contribution in [-0.4, -0.2) is 16.1 Å². The van der Waals surface area contributed by atoms with Gasteiger partial charge in [-0.25, -0.2) is 0 Å². The van der Waals surface area contributed by atoms with Crippen LogP contribution in [0.1, 0.15) is 11.1 Å². The van der Waals surface area contributed by atoms with Crippen LogP contribution in [0.3, 0.4) is 0 Å². The van der Waals surface area contributed by atoms with Crippen molar-refractivity contribution in [3.05, 3.63) is 52.9 Å². The molecule has 1 aromatic rings. The monoisotopic (exact) mass is 299 g/mol. The van der Waals surface area contributed by atoms with Gasteiger partial charge in [-0.2, -0.15) is 5.26 Å². The van der Waals surface area contributed by atoms with Crippen molar-refractivity contribution >= 4 is 21.7 Å². The largest absolute Gasteiger partial charge is 0.192 e. The molecule has 0 aromatic heterocycles. The van der Waals surface area contributed by atoms with Crippen LogP contribution in [0.5, 0.6) is 0 Å². The van der Waals surface area contributed by atoms with Gasteiger partial charge >= 0.3 is 0 Å². The van der Waals surface area contributed by atoms with Crippen LogP contribution >= 0.6 is 0 Å². The summed E-state index contributed by atoms with van der Waals surface area (Å²) in [4.78, 5) is 0. The molecule has 0 atom stereocenters. The van der Waals surface area contributed by atoms with Gasteiger partial charge in [-0.15, -0.1) is 0 Å². The lowest BCUT2D eigenvalue weighted by molar-refractivity contribution is 1.48. The average molecular weight is 300 g/mol. The normalized spacial score (nSPS) is 13.6. The maximum Gasteiger partial charge on any atom is 0.0991 e. The highest BCUT2D eigenvalue weighted by Gasteiger charge is 2.13. The van der Waals surface area contributed by atoms with E-state index in [1.807, 2.05) is 12.1 Å². The molecule has 0 radical (unpaired) electrons. The smallest absolute Gasteiger partial charge is 0.0991 e. The molecule has 0 aliphatic heterocycles. The van der Waals surface area contributed by atoms with Crippen molar-refractivity contribution in [2.75, 3.05) is 0 Å². The quantitative estimate of drug-likeness (QED) is 0.550. The number of nitriles is 1. The second kappa shape index (κ2) is 6.38. The fourth-order valence-electron chi connectivity index (χ4n) is 1.77. The summed E-state index contributed by atoms with van der Waals surface area (Å²) in [5.74, 6) is 0. The van der Waals surface area contributed by atoms with Crippen LogP contribution in [0, 0.1) is 11.3 Å². The third-order valence-corrected chi connectivity index (χ3v) is 5.04. The molecule has 20 heavy (non-hydrogen) atoms. The van der Waals surface area contributed by atoms with Gasteiger partial charge in [-0.1, -0.05) is 68.9 Å². The minimum absolute atomic E-state index is 0.718. The fraction of sp³-hybridized carbons (Fsp3) is 0.353. The summed E-state index contributed by atoms with van der Waals surface area (Å²) >= 11 is 0. The highest BCUT2D eigenvalue weighted by molar-refractivity contribution is 6.82. The van der Waals surface area contributed by atoms with E-state index in [-0.39, 0.29) is 0 Å². The van der Waals surface area contributed by atoms with Crippen molar-refractivity contribution in [1.29, 1.82) is 5.26 Å². The van der Waals surface area contributed by atoms with E-state index in [4.69, 9.17) is 5.26 Å². The lowest BCUT2D eigenvalue weighted by Crippen LogP contribution is -2.17. The topological polar surface area (TPSA) is 23.8 Å². The zero-order chi connectivity index (χ0) is 15.4. The Labute approximate surface area is 125 Å². The minimum atomic E-state index is -1.28. The predicted octanol–water partition coefficient (Wildman–Crippen LogP) is 5.25. The predicted molar refractivity (Wildman–Crippen MR) is 95.0 cm³/mol. The standard InChI is InChI=1S/C17H25NSi2/c1-19(2,3)12-11-17(14-20(4,5)6)16-9-7-15(13-18)8-10-16/h7-12,14H,1-6H3/b12-11+,17-14-. The molecule has 0 fully saturated rings. The first-order chi connectivity index (χ1) is 9.11. The molecule has 1 nitrogen and oxygen atoms in total. The first-order valence-electron chi connectivity index (χ1n) is 7.03. The highest BCUT2D eigenvalue weighted by Crippen LogP contribution is 2.21. The summed E-state index contributed by atoms with van der Waals surface area (Å²) in [6.07, 6.45) is 2.28. The van der Waals surface area contributed by atoms with Crippen LogP contribution in [0.4, 0.5) is 0 Å². The van der Waals surface area contributed by atoms with Gasteiger partial charge in [0.1, 0.15) is 0 Å². The molecular formula is C17H25NSi2. The Morgan fingerprint density at radius 1 is 0.950 bits per heavy atom. The molecule has 0 spiro atoms. The van der Waals surface area contributed by atoms with Crippen molar-refractivity contribution in [1.82, 2.24) is 0 Å². The van der Waals surface area contributed by atoms with Crippen LogP contribution in [0.15, 0.2) is 41.7 Å². The maximum atomic E-state index is 8.90. The maximum absolute atomic E-state index is 8.90.